The molecule has 3 N–H and O–H groups in total. The summed E-state index contributed by atoms with van der Waals surface area (Å²) in [5.74, 6) is 0.824. The molecule has 25 heavy (non-hydrogen) atoms. The van der Waals surface area contributed by atoms with E-state index in [0.29, 0.717) is 6.54 Å². The molecule has 2 aromatic carbocycles. The lowest BCUT2D eigenvalue weighted by Gasteiger charge is -2.11. The van der Waals surface area contributed by atoms with Crippen LogP contribution in [-0.4, -0.2) is 19.1 Å². The zero-order valence-electron chi connectivity index (χ0n) is 14.7. The molecule has 1 heterocycles. The summed E-state index contributed by atoms with van der Waals surface area (Å²) >= 11 is 0. The van der Waals surface area contributed by atoms with Crippen LogP contribution in [0.15, 0.2) is 48.5 Å². The van der Waals surface area contributed by atoms with Crippen molar-refractivity contribution in [2.75, 3.05) is 7.11 Å². The van der Waals surface area contributed by atoms with Crippen LogP contribution in [0.3, 0.4) is 0 Å². The highest BCUT2D eigenvalue weighted by molar-refractivity contribution is 5.82. The van der Waals surface area contributed by atoms with E-state index in [1.54, 1.807) is 7.11 Å². The van der Waals surface area contributed by atoms with Gasteiger partial charge >= 0.3 is 0 Å². The van der Waals surface area contributed by atoms with E-state index >= 15 is 0 Å². The summed E-state index contributed by atoms with van der Waals surface area (Å²) in [5, 5.41) is 2.99. The third kappa shape index (κ3) is 4.38. The Bertz CT molecular complexity index is 698. The third-order valence-electron chi connectivity index (χ3n) is 4.64. The Hall–Kier alpha value is -2.37. The van der Waals surface area contributed by atoms with Crippen molar-refractivity contribution in [3.05, 3.63) is 65.2 Å². The van der Waals surface area contributed by atoms with Crippen LogP contribution < -0.4 is 20.9 Å². The number of methoxy groups -OCH3 is 1. The number of rotatable bonds is 6. The first-order valence-electron chi connectivity index (χ1n) is 8.70. The Morgan fingerprint density at radius 2 is 1.76 bits per heavy atom. The second-order valence-corrected chi connectivity index (χ2v) is 6.29. The van der Waals surface area contributed by atoms with E-state index < -0.39 is 0 Å². The van der Waals surface area contributed by atoms with E-state index in [0.717, 1.165) is 24.2 Å². The van der Waals surface area contributed by atoms with Gasteiger partial charge in [-0.05, 0) is 41.7 Å². The molecule has 1 aliphatic heterocycles. The smallest absolute Gasteiger partial charge is 0.238 e. The standard InChI is InChI=1S/C20H25N3O2/c1-3-14-4-8-16(9-5-14)18-12-19(23-22-18)20(24)21-13-15-6-10-17(25-2)11-7-15/h4-11,18-19,22-23H,3,12-13H2,1-2H3,(H,21,24). The van der Waals surface area contributed by atoms with Crippen molar-refractivity contribution in [2.24, 2.45) is 0 Å². The molecule has 0 spiro atoms. The van der Waals surface area contributed by atoms with Crippen molar-refractivity contribution in [3.8, 4) is 5.75 Å². The molecule has 0 aliphatic carbocycles. The zero-order valence-corrected chi connectivity index (χ0v) is 14.7. The molecule has 1 amide bonds. The van der Waals surface area contributed by atoms with Gasteiger partial charge in [-0.3, -0.25) is 4.79 Å². The second kappa shape index (κ2) is 8.14. The highest BCUT2D eigenvalue weighted by Gasteiger charge is 2.29. The van der Waals surface area contributed by atoms with Gasteiger partial charge in [-0.25, -0.2) is 10.9 Å². The molecular formula is C20H25N3O2. The Labute approximate surface area is 148 Å². The number of hydrazine groups is 1. The molecule has 2 unspecified atom stereocenters. The number of hydrogen-bond acceptors (Lipinski definition) is 4. The fourth-order valence-corrected chi connectivity index (χ4v) is 2.99. The minimum absolute atomic E-state index is 0.0102. The largest absolute Gasteiger partial charge is 0.497 e. The molecule has 1 aliphatic rings. The van der Waals surface area contributed by atoms with E-state index in [9.17, 15) is 4.79 Å². The number of carbonyl (C=O) groups excluding carboxylic acids is 1. The lowest BCUT2D eigenvalue weighted by molar-refractivity contribution is -0.123. The Morgan fingerprint density at radius 1 is 1.08 bits per heavy atom. The summed E-state index contributed by atoms with van der Waals surface area (Å²) in [4.78, 5) is 12.4. The first kappa shape index (κ1) is 17.5. The van der Waals surface area contributed by atoms with E-state index in [1.165, 1.54) is 11.1 Å². The van der Waals surface area contributed by atoms with Gasteiger partial charge in [0.15, 0.2) is 0 Å². The number of ether oxygens (including phenoxy) is 1. The van der Waals surface area contributed by atoms with Crippen molar-refractivity contribution in [3.63, 3.8) is 0 Å². The number of aryl methyl sites for hydroxylation is 1. The molecule has 5 nitrogen and oxygen atoms in total. The molecule has 132 valence electrons. The highest BCUT2D eigenvalue weighted by Crippen LogP contribution is 2.23. The van der Waals surface area contributed by atoms with E-state index in [-0.39, 0.29) is 18.0 Å². The quantitative estimate of drug-likeness (QED) is 0.757. The first-order valence-corrected chi connectivity index (χ1v) is 8.70. The molecule has 1 fully saturated rings. The average molecular weight is 339 g/mol. The van der Waals surface area contributed by atoms with Gasteiger partial charge in [0.1, 0.15) is 11.8 Å². The van der Waals surface area contributed by atoms with Crippen LogP contribution in [0.1, 0.15) is 36.1 Å². The predicted molar refractivity (Wildman–Crippen MR) is 98.1 cm³/mol. The van der Waals surface area contributed by atoms with Crippen LogP contribution in [0.4, 0.5) is 0 Å². The molecule has 0 radical (unpaired) electrons. The molecule has 0 aromatic heterocycles. The normalized spacial score (nSPS) is 19.6. The van der Waals surface area contributed by atoms with Crippen molar-refractivity contribution in [2.45, 2.75) is 38.4 Å². The van der Waals surface area contributed by atoms with Crippen molar-refractivity contribution in [1.82, 2.24) is 16.2 Å². The van der Waals surface area contributed by atoms with E-state index in [2.05, 4.69) is 47.4 Å². The summed E-state index contributed by atoms with van der Waals surface area (Å²) in [6.45, 7) is 2.66. The SMILES string of the molecule is CCc1ccc(C2CC(C(=O)NCc3ccc(OC)cc3)NN2)cc1. The maximum atomic E-state index is 12.4. The molecule has 0 bridgehead atoms. The van der Waals surface area contributed by atoms with E-state index in [4.69, 9.17) is 4.74 Å². The van der Waals surface area contributed by atoms with Gasteiger partial charge in [0.05, 0.1) is 7.11 Å². The van der Waals surface area contributed by atoms with Gasteiger partial charge in [-0.15, -0.1) is 0 Å². The van der Waals surface area contributed by atoms with E-state index in [1.807, 2.05) is 24.3 Å². The molecule has 5 heteroatoms. The molecule has 1 saturated heterocycles. The Kier molecular flexibility index (Phi) is 5.68. The fourth-order valence-electron chi connectivity index (χ4n) is 2.99. The zero-order chi connectivity index (χ0) is 17.6. The van der Waals surface area contributed by atoms with Gasteiger partial charge in [-0.1, -0.05) is 43.3 Å². The van der Waals surface area contributed by atoms with Crippen LogP contribution in [0.2, 0.25) is 0 Å². The fraction of sp³-hybridized carbons (Fsp3) is 0.350. The Balaban J connectivity index is 1.51. The van der Waals surface area contributed by atoms with Crippen LogP contribution in [0, 0.1) is 0 Å². The first-order chi connectivity index (χ1) is 12.2. The number of amides is 1. The van der Waals surface area contributed by atoms with Gasteiger partial charge in [-0.2, -0.15) is 0 Å². The van der Waals surface area contributed by atoms with Crippen LogP contribution in [-0.2, 0) is 17.8 Å². The third-order valence-corrected chi connectivity index (χ3v) is 4.64. The van der Waals surface area contributed by atoms with Crippen LogP contribution >= 0.6 is 0 Å². The summed E-state index contributed by atoms with van der Waals surface area (Å²) in [5.41, 5.74) is 9.91. The predicted octanol–water partition coefficient (Wildman–Crippen LogP) is 2.48. The summed E-state index contributed by atoms with van der Waals surface area (Å²) in [7, 11) is 1.64. The average Bonchev–Trinajstić information content (AvgIpc) is 3.17. The van der Waals surface area contributed by atoms with Crippen molar-refractivity contribution in [1.29, 1.82) is 0 Å². The number of benzene rings is 2. The van der Waals surface area contributed by atoms with Gasteiger partial charge in [0.2, 0.25) is 5.91 Å². The maximum Gasteiger partial charge on any atom is 0.238 e. The van der Waals surface area contributed by atoms with Gasteiger partial charge in [0.25, 0.3) is 0 Å². The molecule has 3 rings (SSSR count). The minimum Gasteiger partial charge on any atom is -0.497 e. The highest BCUT2D eigenvalue weighted by atomic mass is 16.5. The van der Waals surface area contributed by atoms with Crippen LogP contribution in [0.5, 0.6) is 5.75 Å². The number of carbonyl (C=O) groups is 1. The van der Waals surface area contributed by atoms with Crippen molar-refractivity contribution < 1.29 is 9.53 Å². The lowest BCUT2D eigenvalue weighted by Crippen LogP contribution is -2.42. The van der Waals surface area contributed by atoms with Gasteiger partial charge < -0.3 is 10.1 Å². The maximum absolute atomic E-state index is 12.4. The monoisotopic (exact) mass is 339 g/mol. The molecule has 0 saturated carbocycles. The molecular weight excluding hydrogens is 314 g/mol. The van der Waals surface area contributed by atoms with Crippen LogP contribution in [0.25, 0.3) is 0 Å². The molecule has 2 aromatic rings. The molecule has 2 atom stereocenters. The summed E-state index contributed by atoms with van der Waals surface area (Å²) in [6, 6.07) is 16.2. The Morgan fingerprint density at radius 3 is 2.40 bits per heavy atom. The van der Waals surface area contributed by atoms with Crippen molar-refractivity contribution >= 4 is 5.91 Å². The number of nitrogens with one attached hydrogen (secondary N) is 3. The minimum atomic E-state index is -0.228. The second-order valence-electron chi connectivity index (χ2n) is 6.29. The van der Waals surface area contributed by atoms with Gasteiger partial charge in [0, 0.05) is 12.6 Å². The number of hydrogen-bond donors (Lipinski definition) is 3. The summed E-state index contributed by atoms with van der Waals surface area (Å²) < 4.78 is 5.14. The lowest BCUT2D eigenvalue weighted by atomic mass is 10.00. The summed E-state index contributed by atoms with van der Waals surface area (Å²) in [6.07, 6.45) is 1.77. The topological polar surface area (TPSA) is 62.4 Å².